The number of carbonyl (C=O) groups is 2. The Morgan fingerprint density at radius 1 is 1.36 bits per heavy atom. The van der Waals surface area contributed by atoms with Crippen molar-refractivity contribution in [2.24, 2.45) is 0 Å². The van der Waals surface area contributed by atoms with Crippen molar-refractivity contribution >= 4 is 12.3 Å². The molecular formula is C8H12O3. The Kier molecular flexibility index (Phi) is 3.51. The van der Waals surface area contributed by atoms with Crippen molar-refractivity contribution in [1.82, 2.24) is 0 Å². The Bertz CT molecular complexity index is 174. The summed E-state index contributed by atoms with van der Waals surface area (Å²) in [6, 6.07) is 0. The molecule has 0 atom stereocenters. The SMILES string of the molecule is CC(C)(C)OC(=O)C=CC=O. The first-order valence-corrected chi connectivity index (χ1v) is 3.30. The van der Waals surface area contributed by atoms with E-state index in [2.05, 4.69) is 0 Å². The third kappa shape index (κ3) is 6.77. The van der Waals surface area contributed by atoms with Crippen molar-refractivity contribution in [3.05, 3.63) is 12.2 Å². The first kappa shape index (κ1) is 9.88. The van der Waals surface area contributed by atoms with Crippen LogP contribution in [0.4, 0.5) is 0 Å². The van der Waals surface area contributed by atoms with Crippen molar-refractivity contribution in [2.75, 3.05) is 0 Å². The van der Waals surface area contributed by atoms with E-state index in [1.54, 1.807) is 20.8 Å². The fourth-order valence-electron chi connectivity index (χ4n) is 0.454. The van der Waals surface area contributed by atoms with E-state index in [0.29, 0.717) is 6.29 Å². The van der Waals surface area contributed by atoms with Crippen LogP contribution in [0.2, 0.25) is 0 Å². The molecule has 0 heterocycles. The number of ether oxygens (including phenoxy) is 1. The Labute approximate surface area is 66.0 Å². The van der Waals surface area contributed by atoms with Crippen LogP contribution < -0.4 is 0 Å². The van der Waals surface area contributed by atoms with E-state index in [-0.39, 0.29) is 0 Å². The quantitative estimate of drug-likeness (QED) is 0.341. The van der Waals surface area contributed by atoms with Crippen LogP contribution in [0, 0.1) is 0 Å². The maximum absolute atomic E-state index is 10.7. The molecule has 0 fully saturated rings. The van der Waals surface area contributed by atoms with Gasteiger partial charge in [0.15, 0.2) is 0 Å². The first-order valence-electron chi connectivity index (χ1n) is 3.30. The molecule has 0 saturated heterocycles. The molecule has 0 spiro atoms. The average Bonchev–Trinajstić information content (AvgIpc) is 1.79. The van der Waals surface area contributed by atoms with Crippen molar-refractivity contribution < 1.29 is 14.3 Å². The zero-order chi connectivity index (χ0) is 8.91. The van der Waals surface area contributed by atoms with Gasteiger partial charge in [-0.3, -0.25) is 4.79 Å². The van der Waals surface area contributed by atoms with Gasteiger partial charge < -0.3 is 4.74 Å². The monoisotopic (exact) mass is 156 g/mol. The smallest absolute Gasteiger partial charge is 0.331 e. The molecule has 0 aliphatic carbocycles. The first-order chi connectivity index (χ1) is 4.95. The summed E-state index contributed by atoms with van der Waals surface area (Å²) in [5.74, 6) is -0.496. The third-order valence-electron chi connectivity index (χ3n) is 0.718. The maximum atomic E-state index is 10.7. The highest BCUT2D eigenvalue weighted by Gasteiger charge is 2.13. The molecule has 0 aromatic rings. The van der Waals surface area contributed by atoms with Gasteiger partial charge in [0.1, 0.15) is 11.9 Å². The number of rotatable bonds is 2. The molecule has 0 bridgehead atoms. The summed E-state index contributed by atoms with van der Waals surface area (Å²) < 4.78 is 4.86. The Morgan fingerprint density at radius 2 is 1.91 bits per heavy atom. The molecule has 0 aliphatic rings. The lowest BCUT2D eigenvalue weighted by Crippen LogP contribution is -2.22. The molecule has 0 N–H and O–H groups in total. The highest BCUT2D eigenvalue weighted by atomic mass is 16.6. The highest BCUT2D eigenvalue weighted by molar-refractivity contribution is 5.86. The fourth-order valence-corrected chi connectivity index (χ4v) is 0.454. The number of hydrogen-bond acceptors (Lipinski definition) is 3. The predicted molar refractivity (Wildman–Crippen MR) is 41.0 cm³/mol. The van der Waals surface area contributed by atoms with Crippen LogP contribution in [0.15, 0.2) is 12.2 Å². The zero-order valence-corrected chi connectivity index (χ0v) is 6.96. The third-order valence-corrected chi connectivity index (χ3v) is 0.718. The molecule has 0 saturated carbocycles. The molecule has 0 aromatic heterocycles. The minimum absolute atomic E-state index is 0.496. The summed E-state index contributed by atoms with van der Waals surface area (Å²) in [5, 5.41) is 0. The maximum Gasteiger partial charge on any atom is 0.331 e. The van der Waals surface area contributed by atoms with Crippen LogP contribution in [0.25, 0.3) is 0 Å². The van der Waals surface area contributed by atoms with Crippen LogP contribution in [0.1, 0.15) is 20.8 Å². The summed E-state index contributed by atoms with van der Waals surface area (Å²) in [7, 11) is 0. The van der Waals surface area contributed by atoms with Gasteiger partial charge in [-0.2, -0.15) is 0 Å². The van der Waals surface area contributed by atoms with E-state index < -0.39 is 11.6 Å². The molecule has 0 aliphatic heterocycles. The van der Waals surface area contributed by atoms with Gasteiger partial charge in [0, 0.05) is 6.08 Å². The van der Waals surface area contributed by atoms with E-state index in [0.717, 1.165) is 12.2 Å². The predicted octanol–water partition coefficient (Wildman–Crippen LogP) is 1.08. The average molecular weight is 156 g/mol. The van der Waals surface area contributed by atoms with Gasteiger partial charge in [0.05, 0.1) is 0 Å². The van der Waals surface area contributed by atoms with Gasteiger partial charge in [-0.05, 0) is 26.8 Å². The van der Waals surface area contributed by atoms with Crippen molar-refractivity contribution in [2.45, 2.75) is 26.4 Å². The lowest BCUT2D eigenvalue weighted by atomic mass is 10.2. The molecule has 11 heavy (non-hydrogen) atoms. The van der Waals surface area contributed by atoms with Gasteiger partial charge in [-0.15, -0.1) is 0 Å². The highest BCUT2D eigenvalue weighted by Crippen LogP contribution is 2.06. The molecule has 0 aromatic carbocycles. The van der Waals surface area contributed by atoms with E-state index in [9.17, 15) is 9.59 Å². The summed E-state index contributed by atoms with van der Waals surface area (Å²) in [5.41, 5.74) is -0.496. The van der Waals surface area contributed by atoms with Gasteiger partial charge in [0.25, 0.3) is 0 Å². The number of carbonyl (C=O) groups excluding carboxylic acids is 2. The van der Waals surface area contributed by atoms with Crippen LogP contribution in [0.3, 0.4) is 0 Å². The summed E-state index contributed by atoms with van der Waals surface area (Å²) in [6.45, 7) is 5.29. The van der Waals surface area contributed by atoms with Crippen molar-refractivity contribution in [3.63, 3.8) is 0 Å². The van der Waals surface area contributed by atoms with E-state index >= 15 is 0 Å². The largest absolute Gasteiger partial charge is 0.457 e. The fraction of sp³-hybridized carbons (Fsp3) is 0.500. The number of aldehydes is 1. The molecule has 0 radical (unpaired) electrons. The lowest BCUT2D eigenvalue weighted by Gasteiger charge is -2.17. The zero-order valence-electron chi connectivity index (χ0n) is 6.96. The molecule has 0 unspecified atom stereocenters. The molecule has 0 rings (SSSR count). The normalized spacial score (nSPS) is 11.5. The standard InChI is InChI=1S/C8H12O3/c1-8(2,3)11-7(10)5-4-6-9/h4-6H,1-3H3. The second-order valence-electron chi connectivity index (χ2n) is 3.03. The van der Waals surface area contributed by atoms with Crippen LogP contribution in [-0.4, -0.2) is 17.9 Å². The molecular weight excluding hydrogens is 144 g/mol. The van der Waals surface area contributed by atoms with Gasteiger partial charge in [-0.1, -0.05) is 0 Å². The second kappa shape index (κ2) is 3.91. The molecule has 0 amide bonds. The summed E-state index contributed by atoms with van der Waals surface area (Å²) in [4.78, 5) is 20.5. The van der Waals surface area contributed by atoms with Crippen molar-refractivity contribution in [3.8, 4) is 0 Å². The topological polar surface area (TPSA) is 43.4 Å². The van der Waals surface area contributed by atoms with Crippen LogP contribution in [-0.2, 0) is 14.3 Å². The molecule has 3 heteroatoms. The number of hydrogen-bond donors (Lipinski definition) is 0. The van der Waals surface area contributed by atoms with Crippen LogP contribution in [0.5, 0.6) is 0 Å². The Morgan fingerprint density at radius 3 is 2.27 bits per heavy atom. The van der Waals surface area contributed by atoms with E-state index in [1.807, 2.05) is 0 Å². The minimum atomic E-state index is -0.496. The van der Waals surface area contributed by atoms with Gasteiger partial charge in [-0.25, -0.2) is 4.79 Å². The van der Waals surface area contributed by atoms with Crippen molar-refractivity contribution in [1.29, 1.82) is 0 Å². The van der Waals surface area contributed by atoms with Gasteiger partial charge >= 0.3 is 5.97 Å². The number of esters is 1. The second-order valence-corrected chi connectivity index (χ2v) is 3.03. The summed E-state index contributed by atoms with van der Waals surface area (Å²) in [6.07, 6.45) is 2.73. The summed E-state index contributed by atoms with van der Waals surface area (Å²) >= 11 is 0. The van der Waals surface area contributed by atoms with E-state index in [4.69, 9.17) is 4.74 Å². The minimum Gasteiger partial charge on any atom is -0.457 e. The van der Waals surface area contributed by atoms with Crippen LogP contribution >= 0.6 is 0 Å². The Hall–Kier alpha value is -1.12. The Balaban J connectivity index is 3.89. The van der Waals surface area contributed by atoms with Gasteiger partial charge in [0.2, 0.25) is 0 Å². The number of allylic oxidation sites excluding steroid dienone is 1. The lowest BCUT2D eigenvalue weighted by molar-refractivity contribution is -0.148. The molecule has 3 nitrogen and oxygen atoms in total. The molecule has 62 valence electrons. The van der Waals surface area contributed by atoms with E-state index in [1.165, 1.54) is 0 Å².